The molecule has 1 amide bonds. The summed E-state index contributed by atoms with van der Waals surface area (Å²) in [4.78, 5) is 22.1. The van der Waals surface area contributed by atoms with Crippen LogP contribution in [0.25, 0.3) is 0 Å². The first kappa shape index (κ1) is 21.0. The van der Waals surface area contributed by atoms with Gasteiger partial charge in [-0.25, -0.2) is 13.1 Å². The monoisotopic (exact) mass is 431 g/mol. The molecule has 0 aliphatic rings. The fraction of sp³-hybridized carbons (Fsp3) is 0.105. The maximum Gasteiger partial charge on any atom is 0.269 e. The fourth-order valence-electron chi connectivity index (χ4n) is 2.39. The number of carbonyl (C=O) groups is 1. The topological polar surface area (TPSA) is 141 Å². The first-order valence-electron chi connectivity index (χ1n) is 8.63. The summed E-state index contributed by atoms with van der Waals surface area (Å²) in [6.45, 7) is -0.295. The normalized spacial score (nSPS) is 11.1. The number of nitrogens with one attached hydrogen (secondary N) is 2. The van der Waals surface area contributed by atoms with Crippen molar-refractivity contribution in [2.45, 2.75) is 11.4 Å². The van der Waals surface area contributed by atoms with E-state index < -0.39 is 20.9 Å². The molecule has 0 bridgehead atoms. The number of nitro benzene ring substituents is 1. The number of amides is 1. The van der Waals surface area contributed by atoms with Crippen LogP contribution >= 0.6 is 0 Å². The van der Waals surface area contributed by atoms with E-state index in [0.29, 0.717) is 17.2 Å². The Morgan fingerprint density at radius 2 is 1.77 bits per heavy atom. The lowest BCUT2D eigenvalue weighted by atomic mass is 10.3. The Morgan fingerprint density at radius 1 is 1.07 bits per heavy atom. The largest absolute Gasteiger partial charge is 0.484 e. The van der Waals surface area contributed by atoms with Crippen molar-refractivity contribution in [2.75, 3.05) is 11.9 Å². The summed E-state index contributed by atoms with van der Waals surface area (Å²) in [6.07, 6.45) is 1.45. The number of non-ortho nitro benzene ring substituents is 1. The lowest BCUT2D eigenvalue weighted by molar-refractivity contribution is -0.384. The molecule has 10 nitrogen and oxygen atoms in total. The zero-order chi connectivity index (χ0) is 21.6. The molecule has 0 aliphatic heterocycles. The van der Waals surface area contributed by atoms with Gasteiger partial charge in [-0.05, 0) is 48.5 Å². The number of sulfonamides is 1. The highest BCUT2D eigenvalue weighted by Gasteiger charge is 2.14. The van der Waals surface area contributed by atoms with Crippen molar-refractivity contribution in [3.63, 3.8) is 0 Å². The van der Waals surface area contributed by atoms with Crippen LogP contribution in [0.4, 0.5) is 11.4 Å². The predicted molar refractivity (Wildman–Crippen MR) is 106 cm³/mol. The first-order valence-corrected chi connectivity index (χ1v) is 10.1. The molecule has 3 aromatic rings. The van der Waals surface area contributed by atoms with Crippen molar-refractivity contribution in [1.82, 2.24) is 4.72 Å². The molecule has 156 valence electrons. The van der Waals surface area contributed by atoms with Gasteiger partial charge < -0.3 is 14.5 Å². The van der Waals surface area contributed by atoms with Crippen molar-refractivity contribution in [3.8, 4) is 5.75 Å². The minimum atomic E-state index is -3.73. The Balaban J connectivity index is 1.51. The molecule has 0 radical (unpaired) electrons. The van der Waals surface area contributed by atoms with E-state index in [4.69, 9.17) is 9.15 Å². The third-order valence-electron chi connectivity index (χ3n) is 3.88. The third kappa shape index (κ3) is 5.65. The quantitative estimate of drug-likeness (QED) is 0.392. The zero-order valence-electron chi connectivity index (χ0n) is 15.5. The maximum atomic E-state index is 12.3. The van der Waals surface area contributed by atoms with Crippen LogP contribution in [0.3, 0.4) is 0 Å². The summed E-state index contributed by atoms with van der Waals surface area (Å²) >= 11 is 0. The molecule has 0 aliphatic carbocycles. The second-order valence-corrected chi connectivity index (χ2v) is 7.78. The molecule has 2 aromatic carbocycles. The number of furan rings is 1. The second kappa shape index (κ2) is 9.20. The van der Waals surface area contributed by atoms with Gasteiger partial charge in [0.25, 0.3) is 11.6 Å². The van der Waals surface area contributed by atoms with Gasteiger partial charge in [0.15, 0.2) is 6.61 Å². The Kier molecular flexibility index (Phi) is 6.45. The highest BCUT2D eigenvalue weighted by atomic mass is 32.2. The van der Waals surface area contributed by atoms with E-state index >= 15 is 0 Å². The van der Waals surface area contributed by atoms with Gasteiger partial charge in [-0.2, -0.15) is 0 Å². The number of benzene rings is 2. The van der Waals surface area contributed by atoms with E-state index in [0.717, 1.165) is 0 Å². The summed E-state index contributed by atoms with van der Waals surface area (Å²) in [7, 11) is -3.73. The Hall–Kier alpha value is -3.70. The molecule has 1 heterocycles. The SMILES string of the molecule is O=C(COc1ccc([N+](=O)[O-])cc1)Nc1ccc(S(=O)(=O)NCc2ccco2)cc1. The van der Waals surface area contributed by atoms with Gasteiger partial charge in [0.05, 0.1) is 22.6 Å². The number of anilines is 1. The van der Waals surface area contributed by atoms with Crippen LogP contribution in [0.2, 0.25) is 0 Å². The fourth-order valence-corrected chi connectivity index (χ4v) is 3.38. The van der Waals surface area contributed by atoms with Crippen LogP contribution in [0, 0.1) is 10.1 Å². The number of carbonyl (C=O) groups excluding carboxylic acids is 1. The lowest BCUT2D eigenvalue weighted by Gasteiger charge is -2.09. The molecular weight excluding hydrogens is 414 g/mol. The van der Waals surface area contributed by atoms with Crippen molar-refractivity contribution >= 4 is 27.3 Å². The van der Waals surface area contributed by atoms with Gasteiger partial charge in [-0.1, -0.05) is 0 Å². The molecule has 0 unspecified atom stereocenters. The predicted octanol–water partition coefficient (Wildman–Crippen LogP) is 2.68. The molecule has 0 saturated heterocycles. The molecule has 11 heteroatoms. The van der Waals surface area contributed by atoms with E-state index in [1.807, 2.05) is 0 Å². The minimum Gasteiger partial charge on any atom is -0.484 e. The first-order chi connectivity index (χ1) is 14.3. The molecule has 1 aromatic heterocycles. The molecule has 0 fully saturated rings. The molecular formula is C19H17N3O7S. The van der Waals surface area contributed by atoms with E-state index in [-0.39, 0.29) is 23.7 Å². The number of ether oxygens (including phenoxy) is 1. The zero-order valence-corrected chi connectivity index (χ0v) is 16.3. The average molecular weight is 431 g/mol. The van der Waals surface area contributed by atoms with E-state index in [1.54, 1.807) is 12.1 Å². The van der Waals surface area contributed by atoms with Gasteiger partial charge in [-0.3, -0.25) is 14.9 Å². The van der Waals surface area contributed by atoms with Crippen LogP contribution in [-0.2, 0) is 21.4 Å². The number of rotatable bonds is 9. The number of hydrogen-bond donors (Lipinski definition) is 2. The highest BCUT2D eigenvalue weighted by Crippen LogP contribution is 2.18. The molecule has 0 saturated carbocycles. The minimum absolute atomic E-state index is 0.0216. The number of nitro groups is 1. The molecule has 30 heavy (non-hydrogen) atoms. The van der Waals surface area contributed by atoms with Crippen molar-refractivity contribution < 1.29 is 27.3 Å². The van der Waals surface area contributed by atoms with Gasteiger partial charge in [-0.15, -0.1) is 0 Å². The highest BCUT2D eigenvalue weighted by molar-refractivity contribution is 7.89. The second-order valence-electron chi connectivity index (χ2n) is 6.02. The Labute approximate surface area is 171 Å². The summed E-state index contributed by atoms with van der Waals surface area (Å²) in [5.74, 6) is 0.315. The standard InChI is InChI=1S/C19H17N3O7S/c23-19(13-29-16-7-5-15(6-8-16)22(24)25)21-14-3-9-18(10-4-14)30(26,27)20-12-17-2-1-11-28-17/h1-11,20H,12-13H2,(H,21,23). The van der Waals surface area contributed by atoms with Crippen LogP contribution in [-0.4, -0.2) is 25.9 Å². The van der Waals surface area contributed by atoms with E-state index in [1.165, 1.54) is 54.8 Å². The summed E-state index contributed by atoms with van der Waals surface area (Å²) in [5, 5.41) is 13.2. The Morgan fingerprint density at radius 3 is 2.37 bits per heavy atom. The molecule has 3 rings (SSSR count). The summed E-state index contributed by atoms with van der Waals surface area (Å²) < 4.78 is 37.3. The molecule has 0 spiro atoms. The van der Waals surface area contributed by atoms with Gasteiger partial charge >= 0.3 is 0 Å². The van der Waals surface area contributed by atoms with E-state index in [2.05, 4.69) is 10.0 Å². The van der Waals surface area contributed by atoms with E-state index in [9.17, 15) is 23.3 Å². The van der Waals surface area contributed by atoms with Crippen LogP contribution in [0.5, 0.6) is 5.75 Å². The van der Waals surface area contributed by atoms with Crippen molar-refractivity contribution in [2.24, 2.45) is 0 Å². The van der Waals surface area contributed by atoms with Gasteiger partial charge in [0.2, 0.25) is 10.0 Å². The van der Waals surface area contributed by atoms with Gasteiger partial charge in [0.1, 0.15) is 11.5 Å². The van der Waals surface area contributed by atoms with Crippen LogP contribution in [0.15, 0.2) is 76.2 Å². The molecule has 2 N–H and O–H groups in total. The lowest BCUT2D eigenvalue weighted by Crippen LogP contribution is -2.23. The van der Waals surface area contributed by atoms with Crippen LogP contribution < -0.4 is 14.8 Å². The Bertz CT molecular complexity index is 1110. The van der Waals surface area contributed by atoms with Crippen LogP contribution in [0.1, 0.15) is 5.76 Å². The van der Waals surface area contributed by atoms with Crippen molar-refractivity contribution in [1.29, 1.82) is 0 Å². The number of hydrogen-bond acceptors (Lipinski definition) is 7. The smallest absolute Gasteiger partial charge is 0.269 e. The number of nitrogens with zero attached hydrogens (tertiary/aromatic N) is 1. The summed E-state index contributed by atoms with van der Waals surface area (Å²) in [6, 6.07) is 14.2. The van der Waals surface area contributed by atoms with Gasteiger partial charge in [0, 0.05) is 17.8 Å². The average Bonchev–Trinajstić information content (AvgIpc) is 3.25. The maximum absolute atomic E-state index is 12.3. The van der Waals surface area contributed by atoms with Crippen molar-refractivity contribution in [3.05, 3.63) is 82.8 Å². The third-order valence-corrected chi connectivity index (χ3v) is 5.30. The summed E-state index contributed by atoms with van der Waals surface area (Å²) in [5.41, 5.74) is 0.303. The molecule has 0 atom stereocenters.